The summed E-state index contributed by atoms with van der Waals surface area (Å²) in [4.78, 5) is 2.60. The van der Waals surface area contributed by atoms with Crippen LogP contribution in [0.4, 0.5) is 4.39 Å². The lowest BCUT2D eigenvalue weighted by Crippen LogP contribution is -2.33. The molecule has 3 heteroatoms. The van der Waals surface area contributed by atoms with Crippen molar-refractivity contribution in [2.45, 2.75) is 84.0 Å². The van der Waals surface area contributed by atoms with E-state index in [2.05, 4.69) is 73.3 Å². The quantitative estimate of drug-likeness (QED) is 0.444. The lowest BCUT2D eigenvalue weighted by molar-refractivity contribution is 0.191. The SMILES string of the molecule is CC#N.CCCN(Cc1ccccc1)C(C)CCc1ccc(C2CCC(F)C2)cc1. The Morgan fingerprint density at radius 1 is 1.07 bits per heavy atom. The highest BCUT2D eigenvalue weighted by Crippen LogP contribution is 2.36. The molecule has 30 heavy (non-hydrogen) atoms. The van der Waals surface area contributed by atoms with Gasteiger partial charge in [0.1, 0.15) is 6.17 Å². The van der Waals surface area contributed by atoms with Gasteiger partial charge in [0, 0.05) is 19.5 Å². The topological polar surface area (TPSA) is 27.0 Å². The Labute approximate surface area is 182 Å². The number of alkyl halides is 1. The third-order valence-corrected chi connectivity index (χ3v) is 6.03. The summed E-state index contributed by atoms with van der Waals surface area (Å²) in [6.07, 6.45) is 5.31. The molecule has 2 aromatic rings. The minimum atomic E-state index is -0.593. The van der Waals surface area contributed by atoms with Crippen LogP contribution in [0.2, 0.25) is 0 Å². The smallest absolute Gasteiger partial charge is 0.101 e. The van der Waals surface area contributed by atoms with E-state index in [4.69, 9.17) is 5.26 Å². The number of nitrogens with zero attached hydrogens (tertiary/aromatic N) is 2. The molecule has 2 aromatic carbocycles. The summed E-state index contributed by atoms with van der Waals surface area (Å²) >= 11 is 0. The third kappa shape index (κ3) is 7.92. The maximum Gasteiger partial charge on any atom is 0.101 e. The molecule has 0 radical (unpaired) electrons. The maximum atomic E-state index is 13.4. The summed E-state index contributed by atoms with van der Waals surface area (Å²) in [7, 11) is 0. The molecule has 0 aromatic heterocycles. The van der Waals surface area contributed by atoms with Gasteiger partial charge in [-0.3, -0.25) is 4.90 Å². The number of nitriles is 1. The van der Waals surface area contributed by atoms with Crippen molar-refractivity contribution in [3.8, 4) is 6.07 Å². The second kappa shape index (κ2) is 13.2. The van der Waals surface area contributed by atoms with E-state index in [-0.39, 0.29) is 0 Å². The molecule has 3 rings (SSSR count). The highest BCUT2D eigenvalue weighted by molar-refractivity contribution is 5.26. The van der Waals surface area contributed by atoms with E-state index >= 15 is 0 Å². The Hall–Kier alpha value is -2.18. The molecule has 0 amide bonds. The number of aryl methyl sites for hydroxylation is 1. The zero-order valence-electron chi connectivity index (χ0n) is 18.9. The molecular formula is C27H37FN2. The van der Waals surface area contributed by atoms with Crippen molar-refractivity contribution in [3.63, 3.8) is 0 Å². The molecule has 0 saturated heterocycles. The van der Waals surface area contributed by atoms with Gasteiger partial charge in [-0.05, 0) is 74.6 Å². The molecule has 0 bridgehead atoms. The predicted octanol–water partition coefficient (Wildman–Crippen LogP) is 7.06. The Kier molecular flexibility index (Phi) is 10.6. The number of hydrogen-bond acceptors (Lipinski definition) is 2. The zero-order chi connectivity index (χ0) is 21.8. The zero-order valence-corrected chi connectivity index (χ0v) is 18.9. The maximum absolute atomic E-state index is 13.4. The van der Waals surface area contributed by atoms with Crippen LogP contribution in [0.5, 0.6) is 0 Å². The highest BCUT2D eigenvalue weighted by Gasteiger charge is 2.25. The fraction of sp³-hybridized carbons (Fsp3) is 0.519. The van der Waals surface area contributed by atoms with Crippen LogP contribution in [0.25, 0.3) is 0 Å². The molecule has 0 aliphatic heterocycles. The van der Waals surface area contributed by atoms with Crippen molar-refractivity contribution in [3.05, 3.63) is 71.3 Å². The van der Waals surface area contributed by atoms with E-state index in [0.717, 1.165) is 32.4 Å². The number of hydrogen-bond donors (Lipinski definition) is 0. The minimum absolute atomic E-state index is 0.430. The third-order valence-electron chi connectivity index (χ3n) is 6.03. The molecule has 1 aliphatic carbocycles. The summed E-state index contributed by atoms with van der Waals surface area (Å²) < 4.78 is 13.4. The Morgan fingerprint density at radius 2 is 1.73 bits per heavy atom. The summed E-state index contributed by atoms with van der Waals surface area (Å²) in [6, 6.07) is 22.1. The summed E-state index contributed by atoms with van der Waals surface area (Å²) in [5, 5.41) is 7.32. The first-order chi connectivity index (χ1) is 14.6. The van der Waals surface area contributed by atoms with Crippen molar-refractivity contribution in [2.75, 3.05) is 6.54 Å². The fourth-order valence-corrected chi connectivity index (χ4v) is 4.30. The van der Waals surface area contributed by atoms with Crippen molar-refractivity contribution >= 4 is 0 Å². The lowest BCUT2D eigenvalue weighted by Gasteiger charge is -2.29. The first-order valence-corrected chi connectivity index (χ1v) is 11.4. The largest absolute Gasteiger partial charge is 0.296 e. The van der Waals surface area contributed by atoms with E-state index < -0.39 is 6.17 Å². The first-order valence-electron chi connectivity index (χ1n) is 11.4. The summed E-state index contributed by atoms with van der Waals surface area (Å²) in [6.45, 7) is 8.21. The molecule has 1 aliphatic rings. The van der Waals surface area contributed by atoms with Gasteiger partial charge < -0.3 is 0 Å². The molecule has 0 heterocycles. The number of rotatable bonds is 9. The van der Waals surface area contributed by atoms with Crippen LogP contribution in [-0.4, -0.2) is 23.7 Å². The Bertz CT molecular complexity index is 751. The van der Waals surface area contributed by atoms with Crippen LogP contribution in [0.1, 0.15) is 75.5 Å². The second-order valence-corrected chi connectivity index (χ2v) is 8.42. The van der Waals surface area contributed by atoms with E-state index in [0.29, 0.717) is 18.4 Å². The lowest BCUT2D eigenvalue weighted by atomic mass is 9.95. The predicted molar refractivity (Wildman–Crippen MR) is 124 cm³/mol. The highest BCUT2D eigenvalue weighted by atomic mass is 19.1. The van der Waals surface area contributed by atoms with Gasteiger partial charge in [0.25, 0.3) is 0 Å². The van der Waals surface area contributed by atoms with E-state index in [9.17, 15) is 4.39 Å². The van der Waals surface area contributed by atoms with Crippen molar-refractivity contribution < 1.29 is 4.39 Å². The van der Waals surface area contributed by atoms with Crippen LogP contribution in [0.3, 0.4) is 0 Å². The van der Waals surface area contributed by atoms with Crippen LogP contribution in [0, 0.1) is 11.3 Å². The van der Waals surface area contributed by atoms with Gasteiger partial charge in [0.15, 0.2) is 0 Å². The van der Waals surface area contributed by atoms with Gasteiger partial charge in [0.05, 0.1) is 6.07 Å². The monoisotopic (exact) mass is 408 g/mol. The van der Waals surface area contributed by atoms with E-state index in [1.807, 2.05) is 0 Å². The van der Waals surface area contributed by atoms with E-state index in [1.54, 1.807) is 6.07 Å². The van der Waals surface area contributed by atoms with Crippen LogP contribution >= 0.6 is 0 Å². The van der Waals surface area contributed by atoms with Gasteiger partial charge in [-0.2, -0.15) is 5.26 Å². The second-order valence-electron chi connectivity index (χ2n) is 8.42. The van der Waals surface area contributed by atoms with Gasteiger partial charge in [-0.25, -0.2) is 4.39 Å². The molecule has 3 atom stereocenters. The summed E-state index contributed by atoms with van der Waals surface area (Å²) in [5.41, 5.74) is 4.12. The minimum Gasteiger partial charge on any atom is -0.296 e. The fourth-order valence-electron chi connectivity index (χ4n) is 4.30. The van der Waals surface area contributed by atoms with E-state index in [1.165, 1.54) is 36.5 Å². The molecule has 2 nitrogen and oxygen atoms in total. The molecule has 1 saturated carbocycles. The Balaban J connectivity index is 0.00000101. The number of benzene rings is 2. The van der Waals surface area contributed by atoms with Crippen LogP contribution < -0.4 is 0 Å². The van der Waals surface area contributed by atoms with Gasteiger partial charge >= 0.3 is 0 Å². The number of halogens is 1. The standard InChI is InChI=1S/C25H34FN.C2H3N/c1-3-17-27(19-22-7-5-4-6-8-22)20(2)9-10-21-11-13-23(14-12-21)24-15-16-25(26)18-24;1-2-3/h4-8,11-14,20,24-25H,3,9-10,15-19H2,1-2H3;1H3. The molecule has 0 N–H and O–H groups in total. The molecule has 3 unspecified atom stereocenters. The average Bonchev–Trinajstić information content (AvgIpc) is 3.20. The van der Waals surface area contributed by atoms with Crippen LogP contribution in [0.15, 0.2) is 54.6 Å². The summed E-state index contributed by atoms with van der Waals surface area (Å²) in [5.74, 6) is 0.430. The van der Waals surface area contributed by atoms with Gasteiger partial charge in [-0.1, -0.05) is 61.5 Å². The van der Waals surface area contributed by atoms with Crippen LogP contribution in [-0.2, 0) is 13.0 Å². The molecule has 0 spiro atoms. The van der Waals surface area contributed by atoms with Gasteiger partial charge in [0.2, 0.25) is 0 Å². The van der Waals surface area contributed by atoms with Gasteiger partial charge in [-0.15, -0.1) is 0 Å². The first kappa shape index (κ1) is 24.1. The molecular weight excluding hydrogens is 371 g/mol. The Morgan fingerprint density at radius 3 is 2.30 bits per heavy atom. The van der Waals surface area contributed by atoms with Crippen molar-refractivity contribution in [2.24, 2.45) is 0 Å². The van der Waals surface area contributed by atoms with Crippen molar-refractivity contribution in [1.82, 2.24) is 4.90 Å². The normalized spacial score (nSPS) is 19.1. The molecule has 1 fully saturated rings. The van der Waals surface area contributed by atoms with Crippen molar-refractivity contribution in [1.29, 1.82) is 5.26 Å². The molecule has 162 valence electrons. The average molecular weight is 409 g/mol.